The van der Waals surface area contributed by atoms with Crippen molar-refractivity contribution >= 4 is 17.7 Å². The number of carbonyl (C=O) groups excluding carboxylic acids is 1. The molecule has 106 valence electrons. The Hall–Kier alpha value is -1.14. The molecule has 0 bridgehead atoms. The van der Waals surface area contributed by atoms with E-state index in [9.17, 15) is 13.6 Å². The second kappa shape index (κ2) is 8.12. The molecule has 0 saturated carbocycles. The molecular formula is C13H17F2NO2S. The van der Waals surface area contributed by atoms with Gasteiger partial charge in [0.25, 0.3) is 0 Å². The first kappa shape index (κ1) is 15.9. The van der Waals surface area contributed by atoms with Crippen molar-refractivity contribution in [2.45, 2.75) is 24.3 Å². The molecular weight excluding hydrogens is 272 g/mol. The number of likely N-dealkylation sites (N-methyl/N-ethyl adjacent to an activating group) is 1. The monoisotopic (exact) mass is 289 g/mol. The Morgan fingerprint density at radius 1 is 1.47 bits per heavy atom. The number of methoxy groups -OCH3 is 1. The topological polar surface area (TPSA) is 38.3 Å². The van der Waals surface area contributed by atoms with E-state index in [0.29, 0.717) is 18.7 Å². The third kappa shape index (κ3) is 5.16. The number of rotatable bonds is 7. The summed E-state index contributed by atoms with van der Waals surface area (Å²) in [5, 5.41) is 2.99. The largest absolute Gasteiger partial charge is 0.468 e. The van der Waals surface area contributed by atoms with Crippen LogP contribution in [-0.2, 0) is 9.53 Å². The van der Waals surface area contributed by atoms with E-state index in [1.165, 1.54) is 18.9 Å². The zero-order valence-corrected chi connectivity index (χ0v) is 11.7. The van der Waals surface area contributed by atoms with Gasteiger partial charge in [-0.15, -0.1) is 11.8 Å². The Balaban J connectivity index is 2.51. The summed E-state index contributed by atoms with van der Waals surface area (Å²) in [6.45, 7) is 2.52. The van der Waals surface area contributed by atoms with Crippen molar-refractivity contribution in [3.63, 3.8) is 0 Å². The van der Waals surface area contributed by atoms with E-state index in [2.05, 4.69) is 10.1 Å². The van der Waals surface area contributed by atoms with Crippen molar-refractivity contribution < 1.29 is 18.3 Å². The third-order valence-corrected chi connectivity index (χ3v) is 3.56. The van der Waals surface area contributed by atoms with Gasteiger partial charge >= 0.3 is 5.97 Å². The fourth-order valence-electron chi connectivity index (χ4n) is 1.57. The number of carbonyl (C=O) groups is 1. The second-order valence-electron chi connectivity index (χ2n) is 3.85. The molecule has 1 N–H and O–H groups in total. The first-order valence-corrected chi connectivity index (χ1v) is 6.96. The molecule has 3 nitrogen and oxygen atoms in total. The van der Waals surface area contributed by atoms with Crippen molar-refractivity contribution in [2.75, 3.05) is 19.4 Å². The van der Waals surface area contributed by atoms with E-state index < -0.39 is 17.7 Å². The molecule has 0 spiro atoms. The molecule has 0 fully saturated rings. The van der Waals surface area contributed by atoms with Crippen molar-refractivity contribution in [2.24, 2.45) is 0 Å². The van der Waals surface area contributed by atoms with Crippen LogP contribution < -0.4 is 5.32 Å². The average molecular weight is 289 g/mol. The van der Waals surface area contributed by atoms with Crippen LogP contribution in [0.2, 0.25) is 0 Å². The molecule has 0 aromatic heterocycles. The summed E-state index contributed by atoms with van der Waals surface area (Å²) in [4.78, 5) is 11.7. The fourth-order valence-corrected chi connectivity index (χ4v) is 2.54. The fraction of sp³-hybridized carbons (Fsp3) is 0.462. The summed E-state index contributed by atoms with van der Waals surface area (Å²) in [7, 11) is 1.33. The van der Waals surface area contributed by atoms with Gasteiger partial charge < -0.3 is 10.1 Å². The van der Waals surface area contributed by atoms with Crippen LogP contribution in [0.15, 0.2) is 23.1 Å². The van der Waals surface area contributed by atoms with Gasteiger partial charge in [0, 0.05) is 10.6 Å². The molecule has 0 aliphatic heterocycles. The lowest BCUT2D eigenvalue weighted by Crippen LogP contribution is -2.37. The van der Waals surface area contributed by atoms with Gasteiger partial charge in [-0.3, -0.25) is 4.79 Å². The maximum absolute atomic E-state index is 13.4. The molecule has 1 atom stereocenters. The number of thioether (sulfide) groups is 1. The van der Waals surface area contributed by atoms with Crippen LogP contribution in [0.3, 0.4) is 0 Å². The summed E-state index contributed by atoms with van der Waals surface area (Å²) in [6.07, 6.45) is 0.487. The lowest BCUT2D eigenvalue weighted by Gasteiger charge is -2.14. The van der Waals surface area contributed by atoms with E-state index in [-0.39, 0.29) is 10.9 Å². The molecule has 0 radical (unpaired) electrons. The molecule has 1 rings (SSSR count). The summed E-state index contributed by atoms with van der Waals surface area (Å²) < 4.78 is 31.0. The van der Waals surface area contributed by atoms with Gasteiger partial charge in [-0.25, -0.2) is 8.78 Å². The minimum absolute atomic E-state index is 0.250. The van der Waals surface area contributed by atoms with Crippen molar-refractivity contribution in [3.05, 3.63) is 29.8 Å². The molecule has 19 heavy (non-hydrogen) atoms. The van der Waals surface area contributed by atoms with E-state index in [4.69, 9.17) is 0 Å². The number of nitrogens with one attached hydrogen (secondary N) is 1. The van der Waals surface area contributed by atoms with Gasteiger partial charge in [0.1, 0.15) is 17.7 Å². The smallest absolute Gasteiger partial charge is 0.322 e. The Morgan fingerprint density at radius 2 is 2.21 bits per heavy atom. The predicted octanol–water partition coefficient (Wildman–Crippen LogP) is 2.60. The standard InChI is InChI=1S/C13H17F2NO2S/c1-3-16-11(13(17)18-2)6-7-19-12-8-9(14)4-5-10(12)15/h4-5,8,11,16H,3,6-7H2,1-2H3. The Morgan fingerprint density at radius 3 is 2.84 bits per heavy atom. The predicted molar refractivity (Wildman–Crippen MR) is 71.2 cm³/mol. The van der Waals surface area contributed by atoms with Crippen LogP contribution in [0, 0.1) is 11.6 Å². The number of halogens is 2. The van der Waals surface area contributed by atoms with Crippen molar-refractivity contribution in [1.29, 1.82) is 0 Å². The summed E-state index contributed by atoms with van der Waals surface area (Å²) >= 11 is 1.18. The number of hydrogen-bond donors (Lipinski definition) is 1. The Kier molecular flexibility index (Phi) is 6.80. The molecule has 1 unspecified atom stereocenters. The number of hydrogen-bond acceptors (Lipinski definition) is 4. The van der Waals surface area contributed by atoms with Crippen LogP contribution >= 0.6 is 11.8 Å². The van der Waals surface area contributed by atoms with Gasteiger partial charge in [0.15, 0.2) is 0 Å². The van der Waals surface area contributed by atoms with Crippen LogP contribution in [0.5, 0.6) is 0 Å². The molecule has 0 aliphatic carbocycles. The maximum atomic E-state index is 13.4. The highest BCUT2D eigenvalue weighted by molar-refractivity contribution is 7.99. The lowest BCUT2D eigenvalue weighted by atomic mass is 10.2. The second-order valence-corrected chi connectivity index (χ2v) is 4.98. The molecule has 6 heteroatoms. The van der Waals surface area contributed by atoms with Crippen LogP contribution in [-0.4, -0.2) is 31.4 Å². The minimum Gasteiger partial charge on any atom is -0.468 e. The van der Waals surface area contributed by atoms with Gasteiger partial charge in [0.2, 0.25) is 0 Å². The molecule has 0 saturated heterocycles. The normalized spacial score (nSPS) is 12.2. The van der Waals surface area contributed by atoms with E-state index in [0.717, 1.165) is 18.2 Å². The van der Waals surface area contributed by atoms with E-state index in [1.807, 2.05) is 6.92 Å². The van der Waals surface area contributed by atoms with E-state index in [1.54, 1.807) is 0 Å². The summed E-state index contributed by atoms with van der Waals surface area (Å²) in [6, 6.07) is 2.91. The first-order chi connectivity index (χ1) is 9.08. The van der Waals surface area contributed by atoms with Gasteiger partial charge in [0.05, 0.1) is 7.11 Å². The third-order valence-electron chi connectivity index (χ3n) is 2.49. The Bertz CT molecular complexity index is 429. The number of ether oxygens (including phenoxy) is 1. The Labute approximate surface area is 115 Å². The van der Waals surface area contributed by atoms with E-state index >= 15 is 0 Å². The van der Waals surface area contributed by atoms with Gasteiger partial charge in [-0.1, -0.05) is 6.92 Å². The molecule has 1 aromatic rings. The molecule has 0 heterocycles. The average Bonchev–Trinajstić information content (AvgIpc) is 2.40. The highest BCUT2D eigenvalue weighted by Crippen LogP contribution is 2.23. The lowest BCUT2D eigenvalue weighted by molar-refractivity contribution is -0.143. The first-order valence-electron chi connectivity index (χ1n) is 5.97. The highest BCUT2D eigenvalue weighted by Gasteiger charge is 2.17. The SMILES string of the molecule is CCNC(CCSc1cc(F)ccc1F)C(=O)OC. The van der Waals surface area contributed by atoms with Crippen LogP contribution in [0.1, 0.15) is 13.3 Å². The molecule has 1 aromatic carbocycles. The number of esters is 1. The van der Waals surface area contributed by atoms with Gasteiger partial charge in [-0.2, -0.15) is 0 Å². The number of benzene rings is 1. The molecule has 0 aliphatic rings. The van der Waals surface area contributed by atoms with Crippen LogP contribution in [0.25, 0.3) is 0 Å². The zero-order valence-electron chi connectivity index (χ0n) is 10.9. The quantitative estimate of drug-likeness (QED) is 0.618. The highest BCUT2D eigenvalue weighted by atomic mass is 32.2. The summed E-state index contributed by atoms with van der Waals surface area (Å²) in [5.74, 6) is -0.778. The molecule has 0 amide bonds. The minimum atomic E-state index is -0.472. The maximum Gasteiger partial charge on any atom is 0.322 e. The van der Waals surface area contributed by atoms with Crippen molar-refractivity contribution in [3.8, 4) is 0 Å². The van der Waals surface area contributed by atoms with Crippen LogP contribution in [0.4, 0.5) is 8.78 Å². The summed E-state index contributed by atoms with van der Waals surface area (Å²) in [5.41, 5.74) is 0. The van der Waals surface area contributed by atoms with Gasteiger partial charge in [-0.05, 0) is 31.2 Å². The van der Waals surface area contributed by atoms with Crippen molar-refractivity contribution in [1.82, 2.24) is 5.32 Å². The zero-order chi connectivity index (χ0) is 14.3.